The van der Waals surface area contributed by atoms with Crippen molar-refractivity contribution in [2.24, 2.45) is 0 Å². The minimum absolute atomic E-state index is 1.14. The summed E-state index contributed by atoms with van der Waals surface area (Å²) in [5.74, 6) is 0. The van der Waals surface area contributed by atoms with Crippen LogP contribution < -0.4 is 0 Å². The molecule has 0 aliphatic rings. The van der Waals surface area contributed by atoms with Crippen molar-refractivity contribution < 1.29 is 0 Å². The van der Waals surface area contributed by atoms with Gasteiger partial charge in [-0.3, -0.25) is 0 Å². The van der Waals surface area contributed by atoms with Crippen LogP contribution in [-0.4, -0.2) is 0 Å². The number of hydrogen-bond acceptors (Lipinski definition) is 0. The van der Waals surface area contributed by atoms with E-state index in [0.29, 0.717) is 0 Å². The quantitative estimate of drug-likeness (QED) is 0.149. The number of rotatable bonds is 7. The van der Waals surface area contributed by atoms with Crippen LogP contribution in [0, 0.1) is 0 Å². The zero-order chi connectivity index (χ0) is 55.5. The van der Waals surface area contributed by atoms with E-state index in [2.05, 4.69) is 328 Å². The Hall–Kier alpha value is -10.9. The van der Waals surface area contributed by atoms with Gasteiger partial charge < -0.3 is 0 Å². The van der Waals surface area contributed by atoms with Gasteiger partial charge in [0, 0.05) is 0 Å². The van der Waals surface area contributed by atoms with Gasteiger partial charge in [-0.15, -0.1) is 0 Å². The smallest absolute Gasteiger partial charge is 0.00137 e. The van der Waals surface area contributed by atoms with E-state index in [4.69, 9.17) is 0 Å². The molecule has 0 spiro atoms. The van der Waals surface area contributed by atoms with Crippen LogP contribution in [-0.2, 0) is 0 Å². The van der Waals surface area contributed by atoms with E-state index in [1.165, 1.54) is 125 Å². The fraction of sp³-hybridized carbons (Fsp3) is 0. The second-order valence-electron chi connectivity index (χ2n) is 22.1. The van der Waals surface area contributed by atoms with E-state index in [1.807, 2.05) is 0 Å². The summed E-state index contributed by atoms with van der Waals surface area (Å²) < 4.78 is 0. The van der Waals surface area contributed by atoms with Crippen molar-refractivity contribution >= 4 is 86.2 Å². The van der Waals surface area contributed by atoms with Gasteiger partial charge >= 0.3 is 0 Å². The number of fused-ring (bicyclic) bond motifs is 16. The van der Waals surface area contributed by atoms with E-state index in [9.17, 15) is 0 Å². The van der Waals surface area contributed by atoms with Gasteiger partial charge in [-0.25, -0.2) is 0 Å². The lowest BCUT2D eigenvalue weighted by molar-refractivity contribution is 1.51. The summed E-state index contributed by atoms with van der Waals surface area (Å²) >= 11 is 0. The van der Waals surface area contributed by atoms with E-state index in [-0.39, 0.29) is 0 Å². The Bertz CT molecular complexity index is 5210. The average Bonchev–Trinajstić information content (AvgIpc) is 2.55. The maximum Gasteiger partial charge on any atom is -0.00137 e. The predicted octanol–water partition coefficient (Wildman–Crippen LogP) is 23.7. The molecule has 16 aromatic rings. The molecule has 16 aromatic carbocycles. The summed E-state index contributed by atoms with van der Waals surface area (Å²) in [4.78, 5) is 0. The molecule has 0 aliphatic carbocycles. The van der Waals surface area contributed by atoms with Crippen molar-refractivity contribution in [2.45, 2.75) is 0 Å². The van der Waals surface area contributed by atoms with Crippen LogP contribution in [0.1, 0.15) is 0 Å². The fourth-order valence-electron chi connectivity index (χ4n) is 13.8. The lowest BCUT2D eigenvalue weighted by Crippen LogP contribution is -2.02. The van der Waals surface area contributed by atoms with Gasteiger partial charge in [-0.05, 0) is 188 Å². The highest BCUT2D eigenvalue weighted by atomic mass is 14.3. The van der Waals surface area contributed by atoms with Gasteiger partial charge in [0.15, 0.2) is 0 Å². The first-order valence-corrected chi connectivity index (χ1v) is 29.2. The summed E-state index contributed by atoms with van der Waals surface area (Å²) in [5.41, 5.74) is 16.5. The molecule has 390 valence electrons. The zero-order valence-corrected chi connectivity index (χ0v) is 46.2. The summed E-state index contributed by atoms with van der Waals surface area (Å²) in [6, 6.07) is 122. The van der Waals surface area contributed by atoms with Crippen molar-refractivity contribution in [3.8, 4) is 77.9 Å². The van der Waals surface area contributed by atoms with Gasteiger partial charge in [0.2, 0.25) is 0 Å². The SMILES string of the molecule is c1ccc(-c2c(-c3ccccc3)c(-c3ccccc3)c(-c3cccc(-c4ccc5c6ccccc6c6cc7c8ccccc8c8ccccc8c8ccccc8c7cc6c6ccccc6c5c4)c3)c(-c3ccccc3)c2-c2ccccc2)cc1. The second kappa shape index (κ2) is 20.6. The Labute approximate surface area is 488 Å². The highest BCUT2D eigenvalue weighted by Crippen LogP contribution is 2.56. The molecule has 0 N–H and O–H groups in total. The minimum atomic E-state index is 1.14. The summed E-state index contributed by atoms with van der Waals surface area (Å²) in [7, 11) is 0. The molecule has 0 heteroatoms. The van der Waals surface area contributed by atoms with Crippen LogP contribution in [0.4, 0.5) is 0 Å². The number of benzene rings is 14. The van der Waals surface area contributed by atoms with Gasteiger partial charge in [-0.1, -0.05) is 303 Å². The first-order chi connectivity index (χ1) is 41.7. The molecule has 0 radical (unpaired) electrons. The largest absolute Gasteiger partial charge is 0.0622 e. The standard InChI is InChI=1S/C84H54/c1-6-27-55(28-7-1)79-80(56-29-8-2-9-30-56)82(58-33-12-4-13-34-58)84(83(59-35-14-5-15-36-59)81(79)57-31-10-3-11-32-57)62-38-26-37-60(51-62)61-49-50-73-67-43-20-23-46-70(67)77-53-75-68-44-21-18-41-65(68)63-39-16-17-40-64(63)66-42-19-22-45-69(66)76(75)54-78(77)72-48-25-24-47-71(72)74(73)52-61/h1-54H. The van der Waals surface area contributed by atoms with Gasteiger partial charge in [0.25, 0.3) is 0 Å². The molecule has 0 nitrogen and oxygen atoms in total. The molecular weight excluding hydrogens is 1010 g/mol. The first kappa shape index (κ1) is 48.9. The van der Waals surface area contributed by atoms with Gasteiger partial charge in [0.05, 0.1) is 0 Å². The van der Waals surface area contributed by atoms with Crippen LogP contribution in [0.15, 0.2) is 328 Å². The van der Waals surface area contributed by atoms with E-state index in [0.717, 1.165) is 38.9 Å². The Morgan fingerprint density at radius 2 is 0.286 bits per heavy atom. The molecule has 0 fully saturated rings. The van der Waals surface area contributed by atoms with E-state index in [1.54, 1.807) is 0 Å². The molecule has 0 amide bonds. The third kappa shape index (κ3) is 8.14. The Morgan fingerprint density at radius 1 is 0.0952 bits per heavy atom. The fourth-order valence-corrected chi connectivity index (χ4v) is 13.8. The number of hydrogen-bond donors (Lipinski definition) is 0. The summed E-state index contributed by atoms with van der Waals surface area (Å²) in [6.45, 7) is 0. The van der Waals surface area contributed by atoms with Crippen LogP contribution in [0.5, 0.6) is 0 Å². The lowest BCUT2D eigenvalue weighted by atomic mass is 9.74. The highest BCUT2D eigenvalue weighted by molar-refractivity contribution is 6.32. The van der Waals surface area contributed by atoms with Crippen molar-refractivity contribution in [1.82, 2.24) is 0 Å². The molecule has 0 saturated heterocycles. The molecule has 0 saturated carbocycles. The predicted molar refractivity (Wildman–Crippen MR) is 362 cm³/mol. The highest BCUT2D eigenvalue weighted by Gasteiger charge is 2.29. The average molecular weight is 1060 g/mol. The van der Waals surface area contributed by atoms with Crippen LogP contribution in [0.2, 0.25) is 0 Å². The third-order valence-corrected chi connectivity index (χ3v) is 17.4. The van der Waals surface area contributed by atoms with Crippen molar-refractivity contribution in [3.63, 3.8) is 0 Å². The van der Waals surface area contributed by atoms with E-state index >= 15 is 0 Å². The van der Waals surface area contributed by atoms with Crippen molar-refractivity contribution in [3.05, 3.63) is 328 Å². The van der Waals surface area contributed by atoms with Crippen LogP contribution in [0.25, 0.3) is 164 Å². The molecule has 0 unspecified atom stereocenters. The molecule has 0 heterocycles. The Kier molecular flexibility index (Phi) is 12.0. The lowest BCUT2D eigenvalue weighted by Gasteiger charge is -2.29. The summed E-state index contributed by atoms with van der Waals surface area (Å²) in [6.07, 6.45) is 0. The Morgan fingerprint density at radius 3 is 0.571 bits per heavy atom. The maximum absolute atomic E-state index is 2.51. The van der Waals surface area contributed by atoms with Gasteiger partial charge in [-0.2, -0.15) is 0 Å². The van der Waals surface area contributed by atoms with Crippen LogP contribution >= 0.6 is 0 Å². The first-order valence-electron chi connectivity index (χ1n) is 29.2. The molecule has 0 bridgehead atoms. The molecule has 84 heavy (non-hydrogen) atoms. The summed E-state index contributed by atoms with van der Waals surface area (Å²) in [5, 5.41) is 19.7. The zero-order valence-electron chi connectivity index (χ0n) is 46.2. The van der Waals surface area contributed by atoms with Crippen molar-refractivity contribution in [1.29, 1.82) is 0 Å². The second-order valence-corrected chi connectivity index (χ2v) is 22.1. The molecular formula is C84H54. The maximum atomic E-state index is 2.51. The minimum Gasteiger partial charge on any atom is -0.0622 e. The van der Waals surface area contributed by atoms with Crippen LogP contribution in [0.3, 0.4) is 0 Å². The normalized spacial score (nSPS) is 11.6. The molecule has 16 rings (SSSR count). The molecule has 0 aromatic heterocycles. The van der Waals surface area contributed by atoms with Gasteiger partial charge in [0.1, 0.15) is 0 Å². The van der Waals surface area contributed by atoms with E-state index < -0.39 is 0 Å². The monoisotopic (exact) mass is 1060 g/mol. The van der Waals surface area contributed by atoms with Crippen molar-refractivity contribution in [2.75, 3.05) is 0 Å². The Balaban J connectivity index is 1.01. The molecule has 0 aliphatic heterocycles. The topological polar surface area (TPSA) is 0 Å². The molecule has 0 atom stereocenters. The third-order valence-electron chi connectivity index (χ3n) is 17.4.